The Morgan fingerprint density at radius 1 is 0.727 bits per heavy atom. The summed E-state index contributed by atoms with van der Waals surface area (Å²) < 4.78 is 0. The molecule has 4 rings (SSSR count). The van der Waals surface area contributed by atoms with E-state index in [9.17, 15) is 9.59 Å². The van der Waals surface area contributed by atoms with Gasteiger partial charge in [0, 0.05) is 48.7 Å². The van der Waals surface area contributed by atoms with Gasteiger partial charge in [-0.3, -0.25) is 9.59 Å². The fourth-order valence-electron chi connectivity index (χ4n) is 4.01. The van der Waals surface area contributed by atoms with E-state index in [2.05, 4.69) is 43.1 Å². The van der Waals surface area contributed by atoms with Gasteiger partial charge in [0.1, 0.15) is 0 Å². The molecule has 0 atom stereocenters. The third-order valence-electron chi connectivity index (χ3n) is 6.09. The number of nitrogens with zero attached hydrogens (tertiary/aromatic N) is 2. The van der Waals surface area contributed by atoms with Crippen molar-refractivity contribution in [2.24, 2.45) is 0 Å². The number of nitrogens with one attached hydrogen (secondary N) is 1. The standard InChI is InChI=1S/C28H31N3O2/c1-28(2,3)23-11-9-22(10-12-23)27(33)31-19-17-30(18-20-31)25-15-13-24(14-16-25)29-26(32)21-7-5-4-6-8-21/h4-16H,17-20H2,1-3H3,(H,29,32). The Morgan fingerprint density at radius 3 is 1.91 bits per heavy atom. The Bertz CT molecular complexity index is 1090. The average molecular weight is 442 g/mol. The smallest absolute Gasteiger partial charge is 0.255 e. The van der Waals surface area contributed by atoms with Crippen LogP contribution in [-0.4, -0.2) is 42.9 Å². The van der Waals surface area contributed by atoms with Gasteiger partial charge in [-0.1, -0.05) is 51.1 Å². The van der Waals surface area contributed by atoms with Crippen LogP contribution in [0.5, 0.6) is 0 Å². The molecule has 1 aliphatic heterocycles. The monoisotopic (exact) mass is 441 g/mol. The second kappa shape index (κ2) is 9.49. The second-order valence-electron chi connectivity index (χ2n) is 9.47. The zero-order valence-corrected chi connectivity index (χ0v) is 19.5. The molecule has 5 heteroatoms. The Hall–Kier alpha value is -3.60. The van der Waals surface area contributed by atoms with Crippen molar-refractivity contribution in [1.82, 2.24) is 4.90 Å². The highest BCUT2D eigenvalue weighted by atomic mass is 16.2. The first-order chi connectivity index (χ1) is 15.8. The van der Waals surface area contributed by atoms with Crippen molar-refractivity contribution < 1.29 is 9.59 Å². The molecular formula is C28H31N3O2. The van der Waals surface area contributed by atoms with Crippen LogP contribution in [0.2, 0.25) is 0 Å². The number of hydrogen-bond donors (Lipinski definition) is 1. The Kier molecular flexibility index (Phi) is 6.50. The minimum absolute atomic E-state index is 0.0765. The molecule has 33 heavy (non-hydrogen) atoms. The van der Waals surface area contributed by atoms with E-state index in [1.54, 1.807) is 12.1 Å². The number of piperazine rings is 1. The highest BCUT2D eigenvalue weighted by Crippen LogP contribution is 2.24. The van der Waals surface area contributed by atoms with Crippen molar-refractivity contribution in [2.75, 3.05) is 36.4 Å². The lowest BCUT2D eigenvalue weighted by Gasteiger charge is -2.36. The van der Waals surface area contributed by atoms with Gasteiger partial charge in [-0.15, -0.1) is 0 Å². The molecule has 0 spiro atoms. The van der Waals surface area contributed by atoms with Crippen LogP contribution in [0.3, 0.4) is 0 Å². The van der Waals surface area contributed by atoms with Crippen molar-refractivity contribution in [3.8, 4) is 0 Å². The van der Waals surface area contributed by atoms with Crippen LogP contribution in [0.25, 0.3) is 0 Å². The maximum atomic E-state index is 12.9. The Labute approximate surface area is 196 Å². The maximum Gasteiger partial charge on any atom is 0.255 e. The van der Waals surface area contributed by atoms with Gasteiger partial charge in [0.2, 0.25) is 0 Å². The van der Waals surface area contributed by atoms with E-state index in [0.717, 1.165) is 30.0 Å². The molecule has 5 nitrogen and oxygen atoms in total. The summed E-state index contributed by atoms with van der Waals surface area (Å²) in [6.45, 7) is 9.45. The molecule has 1 heterocycles. The lowest BCUT2D eigenvalue weighted by Crippen LogP contribution is -2.48. The van der Waals surface area contributed by atoms with Gasteiger partial charge in [-0.25, -0.2) is 0 Å². The Morgan fingerprint density at radius 2 is 1.33 bits per heavy atom. The molecule has 3 aromatic rings. The third kappa shape index (κ3) is 5.43. The quantitative estimate of drug-likeness (QED) is 0.606. The molecule has 0 aromatic heterocycles. The molecule has 0 bridgehead atoms. The summed E-state index contributed by atoms with van der Waals surface area (Å²) in [4.78, 5) is 29.5. The summed E-state index contributed by atoms with van der Waals surface area (Å²) in [5.41, 5.74) is 4.54. The predicted octanol–water partition coefficient (Wildman–Crippen LogP) is 5.20. The molecule has 1 N–H and O–H groups in total. The normalized spacial score (nSPS) is 14.2. The van der Waals surface area contributed by atoms with Gasteiger partial charge < -0.3 is 15.1 Å². The number of rotatable bonds is 4. The zero-order chi connectivity index (χ0) is 23.4. The summed E-state index contributed by atoms with van der Waals surface area (Å²) in [6.07, 6.45) is 0. The number of carbonyl (C=O) groups is 2. The molecule has 1 aliphatic rings. The van der Waals surface area contributed by atoms with E-state index in [1.165, 1.54) is 5.56 Å². The predicted molar refractivity (Wildman–Crippen MR) is 134 cm³/mol. The minimum Gasteiger partial charge on any atom is -0.368 e. The molecule has 0 radical (unpaired) electrons. The number of amides is 2. The number of carbonyl (C=O) groups excluding carboxylic acids is 2. The van der Waals surface area contributed by atoms with Crippen molar-refractivity contribution in [1.29, 1.82) is 0 Å². The van der Waals surface area contributed by atoms with Crippen LogP contribution in [0.15, 0.2) is 78.9 Å². The van der Waals surface area contributed by atoms with E-state index in [4.69, 9.17) is 0 Å². The van der Waals surface area contributed by atoms with Gasteiger partial charge in [0.25, 0.3) is 11.8 Å². The SMILES string of the molecule is CC(C)(C)c1ccc(C(=O)N2CCN(c3ccc(NC(=O)c4ccccc4)cc3)CC2)cc1. The van der Waals surface area contributed by atoms with Crippen molar-refractivity contribution in [3.63, 3.8) is 0 Å². The minimum atomic E-state index is -0.119. The number of hydrogen-bond acceptors (Lipinski definition) is 3. The van der Waals surface area contributed by atoms with Crippen LogP contribution < -0.4 is 10.2 Å². The lowest BCUT2D eigenvalue weighted by molar-refractivity contribution is 0.0746. The highest BCUT2D eigenvalue weighted by molar-refractivity contribution is 6.04. The zero-order valence-electron chi connectivity index (χ0n) is 19.5. The molecule has 1 saturated heterocycles. The second-order valence-corrected chi connectivity index (χ2v) is 9.47. The van der Waals surface area contributed by atoms with E-state index in [1.807, 2.05) is 59.5 Å². The van der Waals surface area contributed by atoms with E-state index in [-0.39, 0.29) is 17.2 Å². The first-order valence-corrected chi connectivity index (χ1v) is 11.4. The highest BCUT2D eigenvalue weighted by Gasteiger charge is 2.23. The summed E-state index contributed by atoms with van der Waals surface area (Å²) in [5, 5.41) is 2.93. The lowest BCUT2D eigenvalue weighted by atomic mass is 9.86. The van der Waals surface area contributed by atoms with E-state index < -0.39 is 0 Å². The summed E-state index contributed by atoms with van der Waals surface area (Å²) in [6, 6.07) is 25.1. The van der Waals surface area contributed by atoms with Crippen molar-refractivity contribution >= 4 is 23.2 Å². The molecule has 0 aliphatic carbocycles. The first-order valence-electron chi connectivity index (χ1n) is 11.4. The maximum absolute atomic E-state index is 12.9. The van der Waals surface area contributed by atoms with E-state index in [0.29, 0.717) is 18.7 Å². The molecule has 1 fully saturated rings. The fraction of sp³-hybridized carbons (Fsp3) is 0.286. The third-order valence-corrected chi connectivity index (χ3v) is 6.09. The fourth-order valence-corrected chi connectivity index (χ4v) is 4.01. The van der Waals surface area contributed by atoms with Crippen LogP contribution in [0.1, 0.15) is 47.1 Å². The molecule has 2 amide bonds. The molecule has 3 aromatic carbocycles. The van der Waals surface area contributed by atoms with Crippen LogP contribution in [0, 0.1) is 0 Å². The topological polar surface area (TPSA) is 52.7 Å². The van der Waals surface area contributed by atoms with Gasteiger partial charge in [0.05, 0.1) is 0 Å². The van der Waals surface area contributed by atoms with Gasteiger partial charge >= 0.3 is 0 Å². The molecule has 0 saturated carbocycles. The summed E-state index contributed by atoms with van der Waals surface area (Å²) in [7, 11) is 0. The summed E-state index contributed by atoms with van der Waals surface area (Å²) in [5.74, 6) is -0.0277. The number of anilines is 2. The average Bonchev–Trinajstić information content (AvgIpc) is 2.84. The van der Waals surface area contributed by atoms with Crippen LogP contribution in [0.4, 0.5) is 11.4 Å². The van der Waals surface area contributed by atoms with Crippen LogP contribution in [-0.2, 0) is 5.41 Å². The first kappa shape index (κ1) is 22.6. The summed E-state index contributed by atoms with van der Waals surface area (Å²) >= 11 is 0. The van der Waals surface area contributed by atoms with Crippen LogP contribution >= 0.6 is 0 Å². The van der Waals surface area contributed by atoms with Gasteiger partial charge in [-0.2, -0.15) is 0 Å². The molecule has 170 valence electrons. The Balaban J connectivity index is 1.32. The van der Waals surface area contributed by atoms with E-state index >= 15 is 0 Å². The van der Waals surface area contributed by atoms with Gasteiger partial charge in [0.15, 0.2) is 0 Å². The van der Waals surface area contributed by atoms with Gasteiger partial charge in [-0.05, 0) is 59.5 Å². The van der Waals surface area contributed by atoms with Crippen molar-refractivity contribution in [2.45, 2.75) is 26.2 Å². The number of benzene rings is 3. The van der Waals surface area contributed by atoms with Crippen molar-refractivity contribution in [3.05, 3.63) is 95.6 Å². The largest absolute Gasteiger partial charge is 0.368 e. The molecular weight excluding hydrogens is 410 g/mol. The molecule has 0 unspecified atom stereocenters.